The van der Waals surface area contributed by atoms with E-state index in [0.717, 1.165) is 37.0 Å². The molecule has 0 bridgehead atoms. The number of unbranched alkanes of at least 4 members (excludes halogenated alkanes) is 2. The van der Waals surface area contributed by atoms with E-state index in [1.54, 1.807) is 18.2 Å². The van der Waals surface area contributed by atoms with Crippen molar-refractivity contribution in [3.8, 4) is 5.75 Å². The van der Waals surface area contributed by atoms with Gasteiger partial charge in [-0.15, -0.1) is 0 Å². The molecule has 0 heterocycles. The van der Waals surface area contributed by atoms with E-state index in [9.17, 15) is 4.79 Å². The summed E-state index contributed by atoms with van der Waals surface area (Å²) in [6.45, 7) is 2.56. The molecular formula is C22H26Cl2N2O2. The second-order valence-electron chi connectivity index (χ2n) is 6.44. The van der Waals surface area contributed by atoms with Crippen LogP contribution in [-0.2, 0) is 4.79 Å². The highest BCUT2D eigenvalue weighted by molar-refractivity contribution is 6.35. The summed E-state index contributed by atoms with van der Waals surface area (Å²) in [5, 5.41) is 5.38. The highest BCUT2D eigenvalue weighted by Crippen LogP contribution is 2.27. The van der Waals surface area contributed by atoms with Crippen LogP contribution in [0.3, 0.4) is 0 Å². The van der Waals surface area contributed by atoms with E-state index in [4.69, 9.17) is 27.9 Å². The molecule has 1 amide bonds. The number of hydrogen-bond donors (Lipinski definition) is 1. The topological polar surface area (TPSA) is 50.7 Å². The maximum atomic E-state index is 12.1. The summed E-state index contributed by atoms with van der Waals surface area (Å²) < 4.78 is 5.60. The number of benzene rings is 2. The van der Waals surface area contributed by atoms with Gasteiger partial charge in [-0.05, 0) is 43.0 Å². The van der Waals surface area contributed by atoms with Crippen molar-refractivity contribution in [1.29, 1.82) is 0 Å². The quantitative estimate of drug-likeness (QED) is 0.265. The first-order chi connectivity index (χ1) is 13.6. The molecule has 4 nitrogen and oxygen atoms in total. The van der Waals surface area contributed by atoms with Crippen LogP contribution in [0.5, 0.6) is 5.75 Å². The predicted molar refractivity (Wildman–Crippen MR) is 116 cm³/mol. The maximum absolute atomic E-state index is 12.1. The molecule has 1 N–H and O–H groups in total. The van der Waals surface area contributed by atoms with Crippen LogP contribution in [0.4, 0.5) is 0 Å². The van der Waals surface area contributed by atoms with Crippen LogP contribution in [0.25, 0.3) is 0 Å². The van der Waals surface area contributed by atoms with Crippen LogP contribution in [0.1, 0.15) is 51.0 Å². The lowest BCUT2D eigenvalue weighted by Crippen LogP contribution is -2.20. The van der Waals surface area contributed by atoms with E-state index in [-0.39, 0.29) is 5.91 Å². The fourth-order valence-corrected chi connectivity index (χ4v) is 3.09. The number of hydrazone groups is 1. The van der Waals surface area contributed by atoms with E-state index in [1.807, 2.05) is 30.3 Å². The minimum atomic E-state index is -0.130. The van der Waals surface area contributed by atoms with Crippen molar-refractivity contribution in [2.75, 3.05) is 6.61 Å². The average Bonchev–Trinajstić information content (AvgIpc) is 2.70. The van der Waals surface area contributed by atoms with Gasteiger partial charge in [0.1, 0.15) is 5.75 Å². The van der Waals surface area contributed by atoms with E-state index in [0.29, 0.717) is 35.2 Å². The molecule has 0 spiro atoms. The molecule has 0 saturated carbocycles. The molecule has 0 aliphatic heterocycles. The van der Waals surface area contributed by atoms with Gasteiger partial charge in [-0.1, -0.05) is 73.3 Å². The highest BCUT2D eigenvalue weighted by Gasteiger charge is 2.07. The summed E-state index contributed by atoms with van der Waals surface area (Å²) >= 11 is 11.9. The number of nitrogens with one attached hydrogen (secondary N) is 1. The Labute approximate surface area is 176 Å². The Morgan fingerprint density at radius 3 is 2.54 bits per heavy atom. The SMILES string of the molecule is CCCCC/C(=N/NC(=O)CCCOc1ccc(Cl)cc1Cl)c1ccccc1. The summed E-state index contributed by atoms with van der Waals surface area (Å²) in [6, 6.07) is 15.0. The van der Waals surface area contributed by atoms with E-state index >= 15 is 0 Å². The Hall–Kier alpha value is -2.04. The molecule has 6 heteroatoms. The van der Waals surface area contributed by atoms with Gasteiger partial charge in [0.05, 0.1) is 17.3 Å². The zero-order valence-corrected chi connectivity index (χ0v) is 17.6. The second kappa shape index (κ2) is 12.4. The molecule has 0 aliphatic carbocycles. The van der Waals surface area contributed by atoms with Crippen molar-refractivity contribution in [3.05, 3.63) is 64.1 Å². The van der Waals surface area contributed by atoms with Crippen LogP contribution in [0.2, 0.25) is 10.0 Å². The molecule has 2 aromatic carbocycles. The summed E-state index contributed by atoms with van der Waals surface area (Å²) in [5.41, 5.74) is 4.63. The lowest BCUT2D eigenvalue weighted by Gasteiger charge is -2.09. The molecule has 28 heavy (non-hydrogen) atoms. The Morgan fingerprint density at radius 2 is 1.82 bits per heavy atom. The third-order valence-electron chi connectivity index (χ3n) is 4.14. The van der Waals surface area contributed by atoms with Gasteiger partial charge in [-0.25, -0.2) is 5.43 Å². The second-order valence-corrected chi connectivity index (χ2v) is 7.29. The van der Waals surface area contributed by atoms with Crippen molar-refractivity contribution in [2.45, 2.75) is 45.4 Å². The minimum absolute atomic E-state index is 0.130. The first-order valence-electron chi connectivity index (χ1n) is 9.59. The number of halogens is 2. The molecule has 0 unspecified atom stereocenters. The third-order valence-corrected chi connectivity index (χ3v) is 4.67. The average molecular weight is 421 g/mol. The van der Waals surface area contributed by atoms with Gasteiger partial charge in [-0.3, -0.25) is 4.79 Å². The molecule has 150 valence electrons. The number of hydrogen-bond acceptors (Lipinski definition) is 3. The van der Waals surface area contributed by atoms with Crippen molar-refractivity contribution in [1.82, 2.24) is 5.43 Å². The van der Waals surface area contributed by atoms with Crippen molar-refractivity contribution < 1.29 is 9.53 Å². The number of carbonyl (C=O) groups is 1. The normalized spacial score (nSPS) is 11.3. The first-order valence-corrected chi connectivity index (χ1v) is 10.3. The van der Waals surface area contributed by atoms with Crippen LogP contribution in [0, 0.1) is 0 Å². The summed E-state index contributed by atoms with van der Waals surface area (Å²) in [5.74, 6) is 0.432. The van der Waals surface area contributed by atoms with Gasteiger partial charge in [0, 0.05) is 11.4 Å². The number of nitrogens with zero attached hydrogens (tertiary/aromatic N) is 1. The molecule has 0 fully saturated rings. The molecule has 2 aromatic rings. The first kappa shape index (κ1) is 22.3. The van der Waals surface area contributed by atoms with Crippen LogP contribution >= 0.6 is 23.2 Å². The van der Waals surface area contributed by atoms with Crippen LogP contribution < -0.4 is 10.2 Å². The molecule has 0 atom stereocenters. The molecule has 0 aliphatic rings. The Balaban J connectivity index is 1.80. The van der Waals surface area contributed by atoms with Gasteiger partial charge in [-0.2, -0.15) is 5.10 Å². The van der Waals surface area contributed by atoms with Gasteiger partial charge in [0.2, 0.25) is 5.91 Å². The molecular weight excluding hydrogens is 395 g/mol. The molecule has 0 aromatic heterocycles. The third kappa shape index (κ3) is 7.91. The van der Waals surface area contributed by atoms with Gasteiger partial charge in [0.15, 0.2) is 0 Å². The number of ether oxygens (including phenoxy) is 1. The van der Waals surface area contributed by atoms with Gasteiger partial charge in [0.25, 0.3) is 0 Å². The summed E-state index contributed by atoms with van der Waals surface area (Å²) in [6.07, 6.45) is 5.07. The van der Waals surface area contributed by atoms with E-state index < -0.39 is 0 Å². The minimum Gasteiger partial charge on any atom is -0.492 e. The lowest BCUT2D eigenvalue weighted by atomic mass is 10.0. The summed E-state index contributed by atoms with van der Waals surface area (Å²) in [4.78, 5) is 12.1. The Kier molecular flexibility index (Phi) is 9.87. The van der Waals surface area contributed by atoms with E-state index in [2.05, 4.69) is 17.5 Å². The van der Waals surface area contributed by atoms with Crippen molar-refractivity contribution >= 4 is 34.8 Å². The van der Waals surface area contributed by atoms with Gasteiger partial charge < -0.3 is 4.74 Å². The largest absolute Gasteiger partial charge is 0.492 e. The van der Waals surface area contributed by atoms with Crippen LogP contribution in [-0.4, -0.2) is 18.2 Å². The summed E-state index contributed by atoms with van der Waals surface area (Å²) in [7, 11) is 0. The van der Waals surface area contributed by atoms with E-state index in [1.165, 1.54) is 0 Å². The molecule has 0 saturated heterocycles. The monoisotopic (exact) mass is 420 g/mol. The smallest absolute Gasteiger partial charge is 0.240 e. The Morgan fingerprint density at radius 1 is 1.04 bits per heavy atom. The maximum Gasteiger partial charge on any atom is 0.240 e. The number of amides is 1. The highest BCUT2D eigenvalue weighted by atomic mass is 35.5. The Bertz CT molecular complexity index is 779. The molecule has 0 radical (unpaired) electrons. The van der Waals surface area contributed by atoms with Crippen LogP contribution in [0.15, 0.2) is 53.6 Å². The predicted octanol–water partition coefficient (Wildman–Crippen LogP) is 6.25. The zero-order chi connectivity index (χ0) is 20.2. The number of rotatable bonds is 11. The molecule has 2 rings (SSSR count). The fourth-order valence-electron chi connectivity index (χ4n) is 2.63. The van der Waals surface area contributed by atoms with Gasteiger partial charge >= 0.3 is 0 Å². The standard InChI is InChI=1S/C22H26Cl2N2O2/c1-2-3-5-11-20(17-9-6-4-7-10-17)25-26-22(27)12-8-15-28-21-14-13-18(23)16-19(21)24/h4,6-7,9-10,13-14,16H,2-3,5,8,11-12,15H2,1H3,(H,26,27)/b25-20-. The number of carbonyl (C=O) groups excluding carboxylic acids is 1. The van der Waals surface area contributed by atoms with Crippen molar-refractivity contribution in [3.63, 3.8) is 0 Å². The van der Waals surface area contributed by atoms with Crippen molar-refractivity contribution in [2.24, 2.45) is 5.10 Å². The lowest BCUT2D eigenvalue weighted by molar-refractivity contribution is -0.121. The zero-order valence-electron chi connectivity index (χ0n) is 16.1. The fraction of sp³-hybridized carbons (Fsp3) is 0.364.